The predicted octanol–water partition coefficient (Wildman–Crippen LogP) is -0.848. The van der Waals surface area contributed by atoms with Gasteiger partial charge in [0.1, 0.15) is 0 Å². The van der Waals surface area contributed by atoms with Crippen LogP contribution in [0.25, 0.3) is 0 Å². The van der Waals surface area contributed by atoms with E-state index in [0.29, 0.717) is 26.2 Å². The van der Waals surface area contributed by atoms with Crippen LogP contribution >= 0.6 is 0 Å². The van der Waals surface area contributed by atoms with Crippen LogP contribution in [0, 0.1) is 5.41 Å². The van der Waals surface area contributed by atoms with Crippen LogP contribution in [0.5, 0.6) is 0 Å². The zero-order valence-corrected chi connectivity index (χ0v) is 26.4. The summed E-state index contributed by atoms with van der Waals surface area (Å²) in [6.07, 6.45) is 2.21. The molecule has 4 N–H and O–H groups in total. The molecule has 0 bridgehead atoms. The smallest absolute Gasteiger partial charge is 0.0698 e. The maximum atomic E-state index is 8.91. The molecule has 0 aromatic heterocycles. The summed E-state index contributed by atoms with van der Waals surface area (Å²) in [5, 5.41) is 35.4. The van der Waals surface area contributed by atoms with Crippen LogP contribution in [-0.4, -0.2) is 86.5 Å². The Balaban J connectivity index is -0.000000333. The van der Waals surface area contributed by atoms with Gasteiger partial charge in [0, 0.05) is 143 Å². The van der Waals surface area contributed by atoms with Gasteiger partial charge < -0.3 is 34.6 Å². The molecule has 0 aliphatic heterocycles. The molecule has 0 heterocycles. The Morgan fingerprint density at radius 3 is 1.16 bits per heavy atom. The summed E-state index contributed by atoms with van der Waals surface area (Å²) < 4.78 is 16.3. The van der Waals surface area contributed by atoms with Gasteiger partial charge in [-0.15, -0.1) is 0 Å². The summed E-state index contributed by atoms with van der Waals surface area (Å²) in [5.41, 5.74) is -0.408. The third kappa shape index (κ3) is 24.3. The van der Waals surface area contributed by atoms with Crippen molar-refractivity contribution in [2.24, 2.45) is 5.41 Å². The summed E-state index contributed by atoms with van der Waals surface area (Å²) in [5.74, 6) is 0. The van der Waals surface area contributed by atoms with Crippen molar-refractivity contribution >= 4 is 0 Å². The molecule has 0 fully saturated rings. The molecule has 0 aliphatic rings. The number of rotatable bonds is 16. The van der Waals surface area contributed by atoms with Crippen LogP contribution in [0.1, 0.15) is 19.3 Å². The van der Waals surface area contributed by atoms with Crippen molar-refractivity contribution in [2.45, 2.75) is 19.3 Å². The Morgan fingerprint density at radius 2 is 0.880 bits per heavy atom. The third-order valence-electron chi connectivity index (χ3n) is 3.05. The Hall–Kier alpha value is 4.14. The molecule has 0 atom stereocenters. The van der Waals surface area contributed by atoms with Crippen molar-refractivity contribution in [2.75, 3.05) is 66.1 Å². The van der Waals surface area contributed by atoms with Crippen LogP contribution in [0.3, 0.4) is 0 Å². The van der Waals surface area contributed by atoms with Gasteiger partial charge >= 0.3 is 0 Å². The molecule has 0 aliphatic carbocycles. The van der Waals surface area contributed by atoms with Gasteiger partial charge in [0.15, 0.2) is 0 Å². The zero-order chi connectivity index (χ0) is 15.8. The van der Waals surface area contributed by atoms with E-state index in [9.17, 15) is 0 Å². The molecular weight excluding hydrogens is 636 g/mol. The van der Waals surface area contributed by atoms with E-state index in [0.717, 1.165) is 12.8 Å². The first-order valence-corrected chi connectivity index (χ1v) is 7.41. The normalized spacial score (nSPS) is 10.1. The number of ether oxygens (including phenoxy) is 3. The standard InChI is InChI=1S/C14H30O7.4Y/c15-4-2-1-3-14(11-19-8-5-16,12-20-9-6-17)13-21-10-7-18;;;;/h15-18H,1-13H2;;;;. The van der Waals surface area contributed by atoms with Gasteiger partial charge in [0.05, 0.1) is 59.5 Å². The van der Waals surface area contributed by atoms with E-state index in [4.69, 9.17) is 34.6 Å². The fourth-order valence-electron chi connectivity index (χ4n) is 2.01. The molecule has 0 saturated carbocycles. The topological polar surface area (TPSA) is 109 Å². The Kier molecular flexibility index (Phi) is 48.0. The van der Waals surface area contributed by atoms with Gasteiger partial charge in [-0.1, -0.05) is 6.42 Å². The van der Waals surface area contributed by atoms with Crippen molar-refractivity contribution in [1.29, 1.82) is 0 Å². The molecule has 0 unspecified atom stereocenters. The van der Waals surface area contributed by atoms with E-state index in [-0.39, 0.29) is 177 Å². The average molecular weight is 666 g/mol. The van der Waals surface area contributed by atoms with Gasteiger partial charge in [0.25, 0.3) is 0 Å². The molecule has 140 valence electrons. The van der Waals surface area contributed by atoms with E-state index in [1.165, 1.54) is 0 Å². The predicted molar refractivity (Wildman–Crippen MR) is 77.1 cm³/mol. The second-order valence-electron chi connectivity index (χ2n) is 5.01. The first kappa shape index (κ1) is 39.6. The van der Waals surface area contributed by atoms with E-state index in [1.807, 2.05) is 0 Å². The minimum atomic E-state index is -0.408. The molecule has 11 heteroatoms. The van der Waals surface area contributed by atoms with Crippen LogP contribution < -0.4 is 0 Å². The van der Waals surface area contributed by atoms with Gasteiger partial charge in [-0.05, 0) is 12.8 Å². The SMILES string of the molecule is OCCCCC(COCCO)(COCCO)COCCO.[Y].[Y].[Y].[Y]. The van der Waals surface area contributed by atoms with Gasteiger partial charge in [-0.2, -0.15) is 0 Å². The van der Waals surface area contributed by atoms with Crippen molar-refractivity contribution in [3.8, 4) is 0 Å². The maximum Gasteiger partial charge on any atom is 0.0698 e. The van der Waals surface area contributed by atoms with E-state index in [2.05, 4.69) is 0 Å². The number of hydrogen-bond donors (Lipinski definition) is 4. The molecule has 25 heavy (non-hydrogen) atoms. The Bertz CT molecular complexity index is 184. The summed E-state index contributed by atoms with van der Waals surface area (Å²) >= 11 is 0. The number of unbranched alkanes of at least 4 members (excludes halogenated alkanes) is 1. The fourth-order valence-corrected chi connectivity index (χ4v) is 2.01. The minimum Gasteiger partial charge on any atom is -0.396 e. The monoisotopic (exact) mass is 666 g/mol. The molecule has 0 aromatic rings. The molecule has 0 aromatic carbocycles. The third-order valence-corrected chi connectivity index (χ3v) is 3.05. The fraction of sp³-hybridized carbons (Fsp3) is 1.00. The second kappa shape index (κ2) is 30.3. The maximum absolute atomic E-state index is 8.91. The molecule has 0 amide bonds. The largest absolute Gasteiger partial charge is 0.396 e. The van der Waals surface area contributed by atoms with Crippen LogP contribution in [0.15, 0.2) is 0 Å². The summed E-state index contributed by atoms with van der Waals surface area (Å²) in [7, 11) is 0. The molecule has 7 nitrogen and oxygen atoms in total. The second-order valence-corrected chi connectivity index (χ2v) is 5.01. The minimum absolute atomic E-state index is 0. The number of hydrogen-bond acceptors (Lipinski definition) is 7. The number of aliphatic hydroxyl groups excluding tert-OH is 4. The van der Waals surface area contributed by atoms with Crippen molar-refractivity contribution in [3.63, 3.8) is 0 Å². The summed E-state index contributed by atoms with van der Waals surface area (Å²) in [6, 6.07) is 0. The van der Waals surface area contributed by atoms with Crippen molar-refractivity contribution < 1.29 is 165 Å². The first-order chi connectivity index (χ1) is 10.2. The quantitative estimate of drug-likeness (QED) is 0.159. The van der Waals surface area contributed by atoms with E-state index < -0.39 is 5.41 Å². The molecule has 0 spiro atoms. The van der Waals surface area contributed by atoms with Gasteiger partial charge in [-0.3, -0.25) is 0 Å². The number of aliphatic hydroxyl groups is 4. The molecular formula is C14H30O7Y4. The molecule has 4 radical (unpaired) electrons. The Labute approximate surface area is 252 Å². The van der Waals surface area contributed by atoms with E-state index in [1.54, 1.807) is 0 Å². The average Bonchev–Trinajstić information content (AvgIpc) is 2.48. The van der Waals surface area contributed by atoms with Crippen LogP contribution in [0.2, 0.25) is 0 Å². The van der Waals surface area contributed by atoms with Crippen molar-refractivity contribution in [1.82, 2.24) is 0 Å². The van der Waals surface area contributed by atoms with Gasteiger partial charge in [-0.25, -0.2) is 0 Å². The van der Waals surface area contributed by atoms with Gasteiger partial charge in [0.2, 0.25) is 0 Å². The molecule has 0 rings (SSSR count). The van der Waals surface area contributed by atoms with Crippen LogP contribution in [-0.2, 0) is 145 Å². The summed E-state index contributed by atoms with van der Waals surface area (Å²) in [6.45, 7) is 1.75. The first-order valence-electron chi connectivity index (χ1n) is 7.41. The zero-order valence-electron chi connectivity index (χ0n) is 15.0. The van der Waals surface area contributed by atoms with E-state index >= 15 is 0 Å². The van der Waals surface area contributed by atoms with Crippen LogP contribution in [0.4, 0.5) is 0 Å². The summed E-state index contributed by atoms with van der Waals surface area (Å²) in [4.78, 5) is 0. The Morgan fingerprint density at radius 1 is 0.520 bits per heavy atom. The molecule has 0 saturated heterocycles. The van der Waals surface area contributed by atoms with Crippen molar-refractivity contribution in [3.05, 3.63) is 0 Å².